The third-order valence-corrected chi connectivity index (χ3v) is 6.80. The number of carbonyl (C=O) groups excluding carboxylic acids is 2. The molecule has 2 aromatic carbocycles. The molecule has 6 nitrogen and oxygen atoms in total. The fraction of sp³-hybridized carbons (Fsp3) is 0.440. The van der Waals surface area contributed by atoms with Crippen LogP contribution in [0.3, 0.4) is 0 Å². The summed E-state index contributed by atoms with van der Waals surface area (Å²) in [4.78, 5) is 25.9. The number of halogens is 2. The fourth-order valence-corrected chi connectivity index (χ4v) is 5.43. The number of nitrogens with one attached hydrogen (secondary N) is 3. The fourth-order valence-electron chi connectivity index (χ4n) is 4.14. The monoisotopic (exact) mass is 579 g/mol. The van der Waals surface area contributed by atoms with Gasteiger partial charge in [-0.05, 0) is 54.8 Å². The number of anilines is 1. The molecule has 178 valence electrons. The number of hydrogen-bond acceptors (Lipinski definition) is 4. The Kier molecular flexibility index (Phi) is 10.1. The minimum absolute atomic E-state index is 0.139. The minimum Gasteiger partial charge on any atom is -0.497 e. The van der Waals surface area contributed by atoms with Gasteiger partial charge in [-0.1, -0.05) is 64.0 Å². The van der Waals surface area contributed by atoms with Gasteiger partial charge in [0, 0.05) is 33.3 Å². The zero-order chi connectivity index (χ0) is 23.6. The van der Waals surface area contributed by atoms with Gasteiger partial charge in [-0.15, -0.1) is 0 Å². The number of benzene rings is 2. The molecule has 1 atom stereocenters. The maximum absolute atomic E-state index is 13.0. The molecule has 33 heavy (non-hydrogen) atoms. The molecule has 0 heterocycles. The van der Waals surface area contributed by atoms with E-state index in [2.05, 4.69) is 47.8 Å². The Bertz CT molecular complexity index is 911. The molecule has 3 rings (SSSR count). The first-order chi connectivity index (χ1) is 15.9. The summed E-state index contributed by atoms with van der Waals surface area (Å²) in [6.45, 7) is 1.05. The highest BCUT2D eigenvalue weighted by Crippen LogP contribution is 2.28. The predicted molar refractivity (Wildman–Crippen MR) is 139 cm³/mol. The molecule has 0 saturated heterocycles. The maximum atomic E-state index is 13.0. The molecule has 3 N–H and O–H groups in total. The van der Waals surface area contributed by atoms with Gasteiger partial charge in [-0.25, -0.2) is 0 Å². The van der Waals surface area contributed by atoms with Gasteiger partial charge in [0.1, 0.15) is 11.8 Å². The highest BCUT2D eigenvalue weighted by Gasteiger charge is 2.26. The van der Waals surface area contributed by atoms with Crippen LogP contribution in [0.25, 0.3) is 0 Å². The average Bonchev–Trinajstić information content (AvgIpc) is 2.81. The molecule has 1 saturated carbocycles. The Morgan fingerprint density at radius 2 is 1.67 bits per heavy atom. The quantitative estimate of drug-likeness (QED) is 0.323. The van der Waals surface area contributed by atoms with Crippen LogP contribution in [0, 0.1) is 5.92 Å². The molecule has 2 amide bonds. The van der Waals surface area contributed by atoms with E-state index in [-0.39, 0.29) is 11.8 Å². The summed E-state index contributed by atoms with van der Waals surface area (Å²) in [5, 5.41) is 9.25. The van der Waals surface area contributed by atoms with Crippen LogP contribution in [0.15, 0.2) is 51.4 Å². The maximum Gasteiger partial charge on any atom is 0.252 e. The molecular formula is C25H31Br2N3O3. The van der Waals surface area contributed by atoms with Gasteiger partial charge < -0.3 is 20.7 Å². The molecular weight excluding hydrogens is 550 g/mol. The Morgan fingerprint density at radius 1 is 1.00 bits per heavy atom. The third-order valence-electron chi connectivity index (χ3n) is 5.88. The Hall–Kier alpha value is -2.06. The standard InChI is InChI=1S/C25H31Br2N3O3/c1-33-22-9-7-21(8-10-22)28-11-12-29-25(32)23(13-17-5-3-2-4-6-17)30-24(31)18-14-19(26)16-20(27)15-18/h7-10,14-17,23,28H,2-6,11-13H2,1H3,(H,29,32)(H,30,31). The van der Waals surface area contributed by atoms with E-state index < -0.39 is 6.04 Å². The zero-order valence-corrected chi connectivity index (χ0v) is 22.0. The van der Waals surface area contributed by atoms with Gasteiger partial charge in [0.05, 0.1) is 7.11 Å². The lowest BCUT2D eigenvalue weighted by molar-refractivity contribution is -0.123. The van der Waals surface area contributed by atoms with Crippen LogP contribution in [0.4, 0.5) is 5.69 Å². The van der Waals surface area contributed by atoms with Gasteiger partial charge in [0.25, 0.3) is 5.91 Å². The molecule has 0 radical (unpaired) electrons. The van der Waals surface area contributed by atoms with Crippen LogP contribution in [0.2, 0.25) is 0 Å². The van der Waals surface area contributed by atoms with Crippen molar-refractivity contribution in [2.24, 2.45) is 5.92 Å². The van der Waals surface area contributed by atoms with Gasteiger partial charge in [-0.2, -0.15) is 0 Å². The highest BCUT2D eigenvalue weighted by molar-refractivity contribution is 9.11. The van der Waals surface area contributed by atoms with Crippen molar-refractivity contribution >= 4 is 49.4 Å². The molecule has 0 spiro atoms. The smallest absolute Gasteiger partial charge is 0.252 e. The summed E-state index contributed by atoms with van der Waals surface area (Å²) in [7, 11) is 1.63. The van der Waals surface area contributed by atoms with E-state index in [4.69, 9.17) is 4.74 Å². The van der Waals surface area contributed by atoms with Crippen molar-refractivity contribution in [3.05, 3.63) is 57.0 Å². The summed E-state index contributed by atoms with van der Waals surface area (Å²) in [6.07, 6.45) is 6.53. The van der Waals surface area contributed by atoms with Gasteiger partial charge in [0.2, 0.25) is 5.91 Å². The third kappa shape index (κ3) is 8.34. The van der Waals surface area contributed by atoms with Crippen molar-refractivity contribution in [1.82, 2.24) is 10.6 Å². The van der Waals surface area contributed by atoms with Gasteiger partial charge >= 0.3 is 0 Å². The van der Waals surface area contributed by atoms with Crippen molar-refractivity contribution in [1.29, 1.82) is 0 Å². The number of carbonyl (C=O) groups is 2. The summed E-state index contributed by atoms with van der Waals surface area (Å²) < 4.78 is 6.78. The van der Waals surface area contributed by atoms with Crippen LogP contribution in [0.1, 0.15) is 48.9 Å². The molecule has 0 bridgehead atoms. The first-order valence-corrected chi connectivity index (χ1v) is 13.0. The van der Waals surface area contributed by atoms with E-state index in [1.807, 2.05) is 30.3 Å². The lowest BCUT2D eigenvalue weighted by Gasteiger charge is -2.26. The summed E-state index contributed by atoms with van der Waals surface area (Å²) in [5.74, 6) is 0.873. The van der Waals surface area contributed by atoms with Crippen molar-refractivity contribution in [3.63, 3.8) is 0 Å². The second-order valence-corrected chi connectivity index (χ2v) is 10.2. The van der Waals surface area contributed by atoms with Crippen molar-refractivity contribution in [3.8, 4) is 5.75 Å². The van der Waals surface area contributed by atoms with Crippen LogP contribution in [-0.4, -0.2) is 38.1 Å². The summed E-state index contributed by atoms with van der Waals surface area (Å²) in [5.41, 5.74) is 1.47. The second kappa shape index (κ2) is 13.0. The Balaban J connectivity index is 1.57. The summed E-state index contributed by atoms with van der Waals surface area (Å²) in [6, 6.07) is 12.5. The Morgan fingerprint density at radius 3 is 2.30 bits per heavy atom. The largest absolute Gasteiger partial charge is 0.497 e. The van der Waals surface area contributed by atoms with E-state index in [0.29, 0.717) is 31.0 Å². The van der Waals surface area contributed by atoms with Gasteiger partial charge in [-0.3, -0.25) is 9.59 Å². The van der Waals surface area contributed by atoms with E-state index >= 15 is 0 Å². The van der Waals surface area contributed by atoms with Crippen LogP contribution in [0.5, 0.6) is 5.75 Å². The number of hydrogen-bond donors (Lipinski definition) is 3. The minimum atomic E-state index is -0.556. The molecule has 1 unspecified atom stereocenters. The number of amides is 2. The normalized spacial score (nSPS) is 14.9. The van der Waals surface area contributed by atoms with Crippen LogP contribution >= 0.6 is 31.9 Å². The number of methoxy groups -OCH3 is 1. The SMILES string of the molecule is COc1ccc(NCCNC(=O)C(CC2CCCCC2)NC(=O)c2cc(Br)cc(Br)c2)cc1. The lowest BCUT2D eigenvalue weighted by Crippen LogP contribution is -2.48. The van der Waals surface area contributed by atoms with E-state index in [1.54, 1.807) is 19.2 Å². The predicted octanol–water partition coefficient (Wildman–Crippen LogP) is 5.52. The van der Waals surface area contributed by atoms with E-state index in [0.717, 1.165) is 33.2 Å². The topological polar surface area (TPSA) is 79.5 Å². The van der Waals surface area contributed by atoms with E-state index in [9.17, 15) is 9.59 Å². The second-order valence-electron chi connectivity index (χ2n) is 8.37. The molecule has 8 heteroatoms. The average molecular weight is 581 g/mol. The Labute approximate surface area is 212 Å². The highest BCUT2D eigenvalue weighted by atomic mass is 79.9. The lowest BCUT2D eigenvalue weighted by atomic mass is 9.84. The van der Waals surface area contributed by atoms with Crippen molar-refractivity contribution in [2.45, 2.75) is 44.6 Å². The van der Waals surface area contributed by atoms with Crippen LogP contribution in [-0.2, 0) is 4.79 Å². The molecule has 0 aromatic heterocycles. The number of rotatable bonds is 10. The molecule has 1 aliphatic carbocycles. The summed E-state index contributed by atoms with van der Waals surface area (Å²) >= 11 is 6.84. The zero-order valence-electron chi connectivity index (χ0n) is 18.8. The molecule has 1 aliphatic rings. The molecule has 1 fully saturated rings. The van der Waals surface area contributed by atoms with Gasteiger partial charge in [0.15, 0.2) is 0 Å². The van der Waals surface area contributed by atoms with E-state index in [1.165, 1.54) is 19.3 Å². The first-order valence-electron chi connectivity index (χ1n) is 11.4. The van der Waals surface area contributed by atoms with Crippen molar-refractivity contribution < 1.29 is 14.3 Å². The van der Waals surface area contributed by atoms with Crippen LogP contribution < -0.4 is 20.7 Å². The van der Waals surface area contributed by atoms with Crippen molar-refractivity contribution in [2.75, 3.05) is 25.5 Å². The molecule has 2 aromatic rings. The number of ether oxygens (including phenoxy) is 1. The first kappa shape index (κ1) is 25.6. The molecule has 0 aliphatic heterocycles.